The number of Topliss-reactive ketones (excluding diaryl/α,β-unsaturated/α-hetero) is 1. The number of hydrogen-bond donors (Lipinski definition) is 0. The van der Waals surface area contributed by atoms with Gasteiger partial charge in [-0.2, -0.15) is 0 Å². The zero-order valence-electron chi connectivity index (χ0n) is 11.9. The second-order valence-electron chi connectivity index (χ2n) is 6.72. The van der Waals surface area contributed by atoms with Gasteiger partial charge in [0.1, 0.15) is 5.78 Å². The summed E-state index contributed by atoms with van der Waals surface area (Å²) in [6, 6.07) is 0. The molecule has 3 heteroatoms. The highest BCUT2D eigenvalue weighted by molar-refractivity contribution is 5.83. The van der Waals surface area contributed by atoms with Crippen LogP contribution in [0.4, 0.5) is 0 Å². The van der Waals surface area contributed by atoms with Crippen molar-refractivity contribution in [2.45, 2.75) is 53.4 Å². The van der Waals surface area contributed by atoms with Crippen molar-refractivity contribution in [3.63, 3.8) is 0 Å². The fourth-order valence-electron chi connectivity index (χ4n) is 4.05. The molecule has 0 bridgehead atoms. The Hall–Kier alpha value is -0.860. The molecule has 0 amide bonds. The van der Waals surface area contributed by atoms with Crippen LogP contribution in [0.3, 0.4) is 0 Å². The number of fused-ring (bicyclic) bond motifs is 1. The molecule has 2 saturated carbocycles. The molecule has 2 aliphatic rings. The van der Waals surface area contributed by atoms with Crippen LogP contribution < -0.4 is 0 Å². The van der Waals surface area contributed by atoms with Crippen molar-refractivity contribution in [3.05, 3.63) is 0 Å². The predicted octanol–water partition coefficient (Wildman–Crippen LogP) is 2.97. The third kappa shape index (κ3) is 1.98. The van der Waals surface area contributed by atoms with Crippen LogP contribution >= 0.6 is 0 Å². The average molecular weight is 252 g/mol. The minimum Gasteiger partial charge on any atom is -0.466 e. The van der Waals surface area contributed by atoms with Crippen LogP contribution in [-0.4, -0.2) is 18.4 Å². The minimum absolute atomic E-state index is 0.0423. The number of ketones is 1. The Morgan fingerprint density at radius 1 is 1.33 bits per heavy atom. The van der Waals surface area contributed by atoms with Crippen molar-refractivity contribution < 1.29 is 14.3 Å². The van der Waals surface area contributed by atoms with E-state index in [1.54, 1.807) is 0 Å². The maximum absolute atomic E-state index is 11.8. The van der Waals surface area contributed by atoms with E-state index in [1.807, 2.05) is 13.8 Å². The molecule has 102 valence electrons. The van der Waals surface area contributed by atoms with Crippen molar-refractivity contribution >= 4 is 11.8 Å². The van der Waals surface area contributed by atoms with Crippen LogP contribution in [0.5, 0.6) is 0 Å². The van der Waals surface area contributed by atoms with Crippen molar-refractivity contribution in [2.75, 3.05) is 6.61 Å². The number of hydrogen-bond acceptors (Lipinski definition) is 3. The van der Waals surface area contributed by atoms with Crippen LogP contribution in [0, 0.1) is 22.7 Å². The van der Waals surface area contributed by atoms with E-state index >= 15 is 0 Å². The average Bonchev–Trinajstić information content (AvgIpc) is 2.60. The Balaban J connectivity index is 2.09. The molecule has 0 aromatic rings. The number of esters is 1. The van der Waals surface area contributed by atoms with E-state index in [-0.39, 0.29) is 22.7 Å². The molecule has 0 aromatic carbocycles. The highest BCUT2D eigenvalue weighted by Crippen LogP contribution is 2.64. The van der Waals surface area contributed by atoms with Crippen LogP contribution in [0.25, 0.3) is 0 Å². The molecular formula is C15H24O3. The molecule has 3 nitrogen and oxygen atoms in total. The predicted molar refractivity (Wildman–Crippen MR) is 69.0 cm³/mol. The lowest BCUT2D eigenvalue weighted by Crippen LogP contribution is -2.25. The van der Waals surface area contributed by atoms with Gasteiger partial charge in [-0.1, -0.05) is 20.8 Å². The molecule has 18 heavy (non-hydrogen) atoms. The first-order valence-electron chi connectivity index (χ1n) is 7.00. The molecule has 2 aliphatic carbocycles. The summed E-state index contributed by atoms with van der Waals surface area (Å²) in [4.78, 5) is 23.5. The Bertz CT molecular complexity index is 354. The van der Waals surface area contributed by atoms with Gasteiger partial charge < -0.3 is 4.74 Å². The fraction of sp³-hybridized carbons (Fsp3) is 0.867. The largest absolute Gasteiger partial charge is 0.466 e. The monoisotopic (exact) mass is 252 g/mol. The zero-order chi connectivity index (χ0) is 13.6. The van der Waals surface area contributed by atoms with Crippen molar-refractivity contribution in [3.8, 4) is 0 Å². The lowest BCUT2D eigenvalue weighted by atomic mass is 9.71. The van der Waals surface area contributed by atoms with Crippen molar-refractivity contribution in [2.24, 2.45) is 22.7 Å². The third-order valence-electron chi connectivity index (χ3n) is 5.42. The maximum Gasteiger partial charge on any atom is 0.308 e. The van der Waals surface area contributed by atoms with Gasteiger partial charge in [0, 0.05) is 12.8 Å². The van der Waals surface area contributed by atoms with E-state index < -0.39 is 0 Å². The molecule has 2 unspecified atom stereocenters. The quantitative estimate of drug-likeness (QED) is 0.725. The van der Waals surface area contributed by atoms with Gasteiger partial charge in [0.25, 0.3) is 0 Å². The number of carbonyl (C=O) groups is 2. The van der Waals surface area contributed by atoms with E-state index in [1.165, 1.54) is 0 Å². The molecule has 0 radical (unpaired) electrons. The molecule has 2 rings (SSSR count). The summed E-state index contributed by atoms with van der Waals surface area (Å²) in [7, 11) is 0. The zero-order valence-corrected chi connectivity index (χ0v) is 11.9. The summed E-state index contributed by atoms with van der Waals surface area (Å²) in [6.45, 7) is 8.70. The molecule has 0 spiro atoms. The van der Waals surface area contributed by atoms with E-state index in [0.717, 1.165) is 12.8 Å². The summed E-state index contributed by atoms with van der Waals surface area (Å²) in [5.74, 6) is 0.634. The van der Waals surface area contributed by atoms with E-state index in [0.29, 0.717) is 31.1 Å². The Kier molecular flexibility index (Phi) is 3.28. The van der Waals surface area contributed by atoms with Gasteiger partial charge in [-0.15, -0.1) is 0 Å². The fourth-order valence-corrected chi connectivity index (χ4v) is 4.05. The molecule has 0 aromatic heterocycles. The second kappa shape index (κ2) is 4.36. The SMILES string of the molecule is CCOC(=O)C(C)C1C[C@]2(C)CC(=O)C[C@]2(C)C1. The van der Waals surface area contributed by atoms with Crippen LogP contribution in [0.2, 0.25) is 0 Å². The van der Waals surface area contributed by atoms with E-state index in [4.69, 9.17) is 4.74 Å². The van der Waals surface area contributed by atoms with Gasteiger partial charge in [0.15, 0.2) is 0 Å². The Morgan fingerprint density at radius 3 is 2.28 bits per heavy atom. The highest BCUT2D eigenvalue weighted by atomic mass is 16.5. The highest BCUT2D eigenvalue weighted by Gasteiger charge is 2.59. The molecular weight excluding hydrogens is 228 g/mol. The van der Waals surface area contributed by atoms with Crippen LogP contribution in [0.1, 0.15) is 53.4 Å². The van der Waals surface area contributed by atoms with Crippen molar-refractivity contribution in [1.82, 2.24) is 0 Å². The molecule has 0 saturated heterocycles. The van der Waals surface area contributed by atoms with Crippen LogP contribution in [0.15, 0.2) is 0 Å². The molecule has 2 fully saturated rings. The number of ether oxygens (including phenoxy) is 1. The standard InChI is InChI=1S/C15H24O3/c1-5-18-13(17)10(2)11-6-14(3)8-12(16)9-15(14,4)7-11/h10-11H,5-9H2,1-4H3/t10?,11?,14-,15+. The van der Waals surface area contributed by atoms with E-state index in [9.17, 15) is 9.59 Å². The third-order valence-corrected chi connectivity index (χ3v) is 5.42. The normalized spacial score (nSPS) is 40.7. The smallest absolute Gasteiger partial charge is 0.308 e. The van der Waals surface area contributed by atoms with Crippen molar-refractivity contribution in [1.29, 1.82) is 0 Å². The summed E-state index contributed by atoms with van der Waals surface area (Å²) in [5.41, 5.74) is 0.186. The van der Waals surface area contributed by atoms with Gasteiger partial charge in [0.2, 0.25) is 0 Å². The van der Waals surface area contributed by atoms with Gasteiger partial charge in [-0.3, -0.25) is 9.59 Å². The Morgan fingerprint density at radius 2 is 1.83 bits per heavy atom. The molecule has 0 heterocycles. The van der Waals surface area contributed by atoms with Gasteiger partial charge in [0.05, 0.1) is 12.5 Å². The second-order valence-corrected chi connectivity index (χ2v) is 6.72. The number of carbonyl (C=O) groups excluding carboxylic acids is 2. The lowest BCUT2D eigenvalue weighted by Gasteiger charge is -2.32. The molecule has 4 atom stereocenters. The first-order chi connectivity index (χ1) is 8.31. The topological polar surface area (TPSA) is 43.4 Å². The van der Waals surface area contributed by atoms with Gasteiger partial charge in [-0.05, 0) is 36.5 Å². The molecule has 0 aliphatic heterocycles. The summed E-state index contributed by atoms with van der Waals surface area (Å²) >= 11 is 0. The number of rotatable bonds is 3. The van der Waals surface area contributed by atoms with Gasteiger partial charge in [-0.25, -0.2) is 0 Å². The molecule has 0 N–H and O–H groups in total. The van der Waals surface area contributed by atoms with E-state index in [2.05, 4.69) is 13.8 Å². The summed E-state index contributed by atoms with van der Waals surface area (Å²) in [5, 5.41) is 0. The van der Waals surface area contributed by atoms with Gasteiger partial charge >= 0.3 is 5.97 Å². The van der Waals surface area contributed by atoms with Crippen LogP contribution in [-0.2, 0) is 14.3 Å². The summed E-state index contributed by atoms with van der Waals surface area (Å²) in [6.07, 6.45) is 3.34. The minimum atomic E-state index is -0.0824. The summed E-state index contributed by atoms with van der Waals surface area (Å²) < 4.78 is 5.12. The maximum atomic E-state index is 11.8. The first-order valence-corrected chi connectivity index (χ1v) is 7.00. The first kappa shape index (κ1) is 13.6. The lowest BCUT2D eigenvalue weighted by molar-refractivity contribution is -0.149. The Labute approximate surface area is 109 Å².